The number of amides is 3. The first-order valence-electron chi connectivity index (χ1n) is 6.40. The van der Waals surface area contributed by atoms with Crippen LogP contribution in [0.1, 0.15) is 20.3 Å². The van der Waals surface area contributed by atoms with Crippen LogP contribution in [0.4, 0.5) is 11.4 Å². The number of hydrogen-bond acceptors (Lipinski definition) is 4. The molecule has 3 N–H and O–H groups in total. The van der Waals surface area contributed by atoms with Crippen LogP contribution in [-0.4, -0.2) is 29.2 Å². The highest BCUT2D eigenvalue weighted by Crippen LogP contribution is 2.31. The van der Waals surface area contributed by atoms with Crippen LogP contribution in [0, 0.1) is 5.41 Å². The molecular weight excluding hydrogens is 294 g/mol. The Bertz CT molecular complexity index is 628. The van der Waals surface area contributed by atoms with Crippen LogP contribution < -0.4 is 11.1 Å². The van der Waals surface area contributed by atoms with E-state index in [0.29, 0.717) is 16.4 Å². The third kappa shape index (κ3) is 3.16. The second-order valence-corrected chi connectivity index (χ2v) is 6.04. The molecule has 0 radical (unpaired) electrons. The zero-order chi connectivity index (χ0) is 15.8. The van der Waals surface area contributed by atoms with Crippen molar-refractivity contribution in [3.8, 4) is 0 Å². The number of imide groups is 1. The van der Waals surface area contributed by atoms with Crippen molar-refractivity contribution in [2.75, 3.05) is 17.6 Å². The lowest BCUT2D eigenvalue weighted by Crippen LogP contribution is -2.39. The molecule has 1 aromatic carbocycles. The molecule has 0 aromatic heterocycles. The molecule has 112 valence electrons. The number of rotatable bonds is 3. The van der Waals surface area contributed by atoms with E-state index in [-0.39, 0.29) is 24.8 Å². The Kier molecular flexibility index (Phi) is 3.91. The fourth-order valence-corrected chi connectivity index (χ4v) is 2.27. The van der Waals surface area contributed by atoms with Gasteiger partial charge in [-0.25, -0.2) is 0 Å². The Morgan fingerprint density at radius 3 is 2.62 bits per heavy atom. The second kappa shape index (κ2) is 5.37. The summed E-state index contributed by atoms with van der Waals surface area (Å²) >= 11 is 5.79. The predicted octanol–water partition coefficient (Wildman–Crippen LogP) is 1.65. The van der Waals surface area contributed by atoms with Gasteiger partial charge in [0.05, 0.1) is 16.1 Å². The largest absolute Gasteiger partial charge is 0.397 e. The van der Waals surface area contributed by atoms with Crippen LogP contribution in [0.5, 0.6) is 0 Å². The summed E-state index contributed by atoms with van der Waals surface area (Å²) in [6.07, 6.45) is 0.118. The Hall–Kier alpha value is -2.08. The lowest BCUT2D eigenvalue weighted by Gasteiger charge is -2.17. The quantitative estimate of drug-likeness (QED) is 0.656. The average Bonchev–Trinajstić information content (AvgIpc) is 2.56. The smallest absolute Gasteiger partial charge is 0.244 e. The summed E-state index contributed by atoms with van der Waals surface area (Å²) in [5, 5.41) is 2.97. The molecule has 1 fully saturated rings. The Morgan fingerprint density at radius 2 is 2.10 bits per heavy atom. The van der Waals surface area contributed by atoms with E-state index >= 15 is 0 Å². The number of likely N-dealkylation sites (tertiary alicyclic amines) is 1. The highest BCUT2D eigenvalue weighted by Gasteiger charge is 2.45. The topological polar surface area (TPSA) is 92.5 Å². The van der Waals surface area contributed by atoms with Crippen molar-refractivity contribution in [2.45, 2.75) is 20.3 Å². The number of carbonyl (C=O) groups is 3. The summed E-state index contributed by atoms with van der Waals surface area (Å²) in [7, 11) is 0. The molecule has 0 aliphatic carbocycles. The minimum absolute atomic E-state index is 0.118. The first-order chi connectivity index (χ1) is 9.70. The molecule has 0 atom stereocenters. The van der Waals surface area contributed by atoms with Gasteiger partial charge >= 0.3 is 0 Å². The molecule has 0 saturated carbocycles. The summed E-state index contributed by atoms with van der Waals surface area (Å²) in [6.45, 7) is 3.07. The van der Waals surface area contributed by atoms with Gasteiger partial charge in [-0.15, -0.1) is 0 Å². The number of anilines is 2. The number of nitrogens with zero attached hydrogens (tertiary/aromatic N) is 1. The van der Waals surface area contributed by atoms with E-state index in [9.17, 15) is 14.4 Å². The molecule has 1 saturated heterocycles. The highest BCUT2D eigenvalue weighted by atomic mass is 35.5. The zero-order valence-corrected chi connectivity index (χ0v) is 12.5. The molecule has 7 heteroatoms. The van der Waals surface area contributed by atoms with Crippen LogP contribution in [-0.2, 0) is 14.4 Å². The van der Waals surface area contributed by atoms with Crippen molar-refractivity contribution in [1.29, 1.82) is 0 Å². The first kappa shape index (κ1) is 15.3. The average molecular weight is 310 g/mol. The van der Waals surface area contributed by atoms with Gasteiger partial charge in [0.15, 0.2) is 0 Å². The van der Waals surface area contributed by atoms with Gasteiger partial charge in [0.1, 0.15) is 6.54 Å². The van der Waals surface area contributed by atoms with Gasteiger partial charge < -0.3 is 11.1 Å². The Balaban J connectivity index is 2.04. The third-order valence-electron chi connectivity index (χ3n) is 3.30. The van der Waals surface area contributed by atoms with Crippen LogP contribution >= 0.6 is 11.6 Å². The van der Waals surface area contributed by atoms with Gasteiger partial charge in [-0.05, 0) is 18.2 Å². The van der Waals surface area contributed by atoms with Gasteiger partial charge in [-0.2, -0.15) is 0 Å². The highest BCUT2D eigenvalue weighted by molar-refractivity contribution is 6.33. The summed E-state index contributed by atoms with van der Waals surface area (Å²) in [6, 6.07) is 4.66. The molecule has 2 rings (SSSR count). The first-order valence-corrected chi connectivity index (χ1v) is 6.78. The fraction of sp³-hybridized carbons (Fsp3) is 0.357. The molecule has 3 amide bonds. The van der Waals surface area contributed by atoms with Crippen molar-refractivity contribution in [3.63, 3.8) is 0 Å². The number of nitrogen functional groups attached to an aromatic ring is 1. The van der Waals surface area contributed by atoms with E-state index < -0.39 is 11.3 Å². The molecule has 21 heavy (non-hydrogen) atoms. The molecule has 1 aromatic rings. The lowest BCUT2D eigenvalue weighted by molar-refractivity contribution is -0.143. The lowest BCUT2D eigenvalue weighted by atomic mass is 9.92. The van der Waals surface area contributed by atoms with Crippen LogP contribution in [0.15, 0.2) is 18.2 Å². The van der Waals surface area contributed by atoms with Gasteiger partial charge in [-0.1, -0.05) is 25.4 Å². The minimum Gasteiger partial charge on any atom is -0.397 e. The van der Waals surface area contributed by atoms with Crippen molar-refractivity contribution >= 4 is 40.7 Å². The minimum atomic E-state index is -0.748. The van der Waals surface area contributed by atoms with E-state index in [2.05, 4.69) is 5.32 Å². The Morgan fingerprint density at radius 1 is 1.43 bits per heavy atom. The standard InChI is InChI=1S/C14H16ClN3O3/c1-14(2)6-12(20)18(13(14)21)7-11(19)17-8-3-4-9(15)10(16)5-8/h3-5H,6-7,16H2,1-2H3,(H,17,19). The van der Waals surface area contributed by atoms with Crippen LogP contribution in [0.25, 0.3) is 0 Å². The molecular formula is C14H16ClN3O3. The van der Waals surface area contributed by atoms with E-state index in [4.69, 9.17) is 17.3 Å². The number of carbonyl (C=O) groups excluding carboxylic acids is 3. The number of nitrogens with two attached hydrogens (primary N) is 1. The summed E-state index contributed by atoms with van der Waals surface area (Å²) in [5.74, 6) is -1.13. The summed E-state index contributed by atoms with van der Waals surface area (Å²) in [5.41, 5.74) is 5.69. The molecule has 6 nitrogen and oxygen atoms in total. The zero-order valence-electron chi connectivity index (χ0n) is 11.8. The van der Waals surface area contributed by atoms with Gasteiger partial charge in [0.2, 0.25) is 17.7 Å². The van der Waals surface area contributed by atoms with Gasteiger partial charge in [-0.3, -0.25) is 19.3 Å². The molecule has 1 aliphatic heterocycles. The summed E-state index contributed by atoms with van der Waals surface area (Å²) in [4.78, 5) is 36.7. The Labute approximate surface area is 127 Å². The maximum absolute atomic E-state index is 12.0. The van der Waals surface area contributed by atoms with Crippen LogP contribution in [0.2, 0.25) is 5.02 Å². The van der Waals surface area contributed by atoms with E-state index in [1.54, 1.807) is 26.0 Å². The number of halogens is 1. The third-order valence-corrected chi connectivity index (χ3v) is 3.64. The molecule has 1 aliphatic rings. The molecule has 0 spiro atoms. The van der Waals surface area contributed by atoms with Crippen LogP contribution in [0.3, 0.4) is 0 Å². The monoisotopic (exact) mass is 309 g/mol. The van der Waals surface area contributed by atoms with E-state index in [1.807, 2.05) is 0 Å². The predicted molar refractivity (Wildman–Crippen MR) is 79.6 cm³/mol. The molecule has 0 bridgehead atoms. The molecule has 0 unspecified atom stereocenters. The van der Waals surface area contributed by atoms with Crippen molar-refractivity contribution in [3.05, 3.63) is 23.2 Å². The van der Waals surface area contributed by atoms with Crippen molar-refractivity contribution in [1.82, 2.24) is 4.90 Å². The molecule has 1 heterocycles. The van der Waals surface area contributed by atoms with E-state index in [1.165, 1.54) is 6.07 Å². The van der Waals surface area contributed by atoms with E-state index in [0.717, 1.165) is 4.90 Å². The summed E-state index contributed by atoms with van der Waals surface area (Å²) < 4.78 is 0. The number of nitrogens with one attached hydrogen (secondary N) is 1. The van der Waals surface area contributed by atoms with Gasteiger partial charge in [0, 0.05) is 12.1 Å². The van der Waals surface area contributed by atoms with Crippen molar-refractivity contribution in [2.24, 2.45) is 5.41 Å². The SMILES string of the molecule is CC1(C)CC(=O)N(CC(=O)Nc2ccc(Cl)c(N)c2)C1=O. The number of hydrogen-bond donors (Lipinski definition) is 2. The normalized spacial score (nSPS) is 17.2. The maximum atomic E-state index is 12.0. The number of benzene rings is 1. The second-order valence-electron chi connectivity index (χ2n) is 5.63. The van der Waals surface area contributed by atoms with Crippen molar-refractivity contribution < 1.29 is 14.4 Å². The van der Waals surface area contributed by atoms with Gasteiger partial charge in [0.25, 0.3) is 0 Å². The maximum Gasteiger partial charge on any atom is 0.244 e. The fourth-order valence-electron chi connectivity index (χ4n) is 2.15.